The van der Waals surface area contributed by atoms with Gasteiger partial charge in [0, 0.05) is 9.26 Å². The van der Waals surface area contributed by atoms with Crippen LogP contribution < -0.4 is 5.32 Å². The summed E-state index contributed by atoms with van der Waals surface area (Å²) in [5.74, 6) is 1.92. The lowest BCUT2D eigenvalue weighted by Crippen LogP contribution is -2.06. The Morgan fingerprint density at radius 3 is 2.53 bits per heavy atom. The SMILES string of the molecule is Cc1ccc(C(C)Nc2ccc(I)cc2C)o1. The minimum Gasteiger partial charge on any atom is -0.464 e. The largest absolute Gasteiger partial charge is 0.464 e. The Morgan fingerprint density at radius 1 is 1.18 bits per heavy atom. The number of hydrogen-bond acceptors (Lipinski definition) is 2. The quantitative estimate of drug-likeness (QED) is 0.821. The molecule has 0 saturated heterocycles. The maximum atomic E-state index is 5.62. The highest BCUT2D eigenvalue weighted by atomic mass is 127. The van der Waals surface area contributed by atoms with Crippen LogP contribution in [0.3, 0.4) is 0 Å². The summed E-state index contributed by atoms with van der Waals surface area (Å²) in [6.07, 6.45) is 0. The molecule has 1 heterocycles. The Bertz CT molecular complexity index is 519. The Morgan fingerprint density at radius 2 is 1.94 bits per heavy atom. The van der Waals surface area contributed by atoms with Gasteiger partial charge in [0.2, 0.25) is 0 Å². The Labute approximate surface area is 116 Å². The molecule has 0 aliphatic heterocycles. The van der Waals surface area contributed by atoms with Gasteiger partial charge < -0.3 is 9.73 Å². The van der Waals surface area contributed by atoms with E-state index in [-0.39, 0.29) is 6.04 Å². The molecule has 2 aromatic rings. The molecule has 0 saturated carbocycles. The maximum absolute atomic E-state index is 5.62. The zero-order chi connectivity index (χ0) is 12.4. The van der Waals surface area contributed by atoms with Gasteiger partial charge in [0.25, 0.3) is 0 Å². The number of nitrogens with one attached hydrogen (secondary N) is 1. The second-order valence-corrected chi connectivity index (χ2v) is 5.52. The lowest BCUT2D eigenvalue weighted by atomic mass is 10.1. The molecule has 0 bridgehead atoms. The molecule has 0 radical (unpaired) electrons. The molecule has 1 unspecified atom stereocenters. The van der Waals surface area contributed by atoms with Gasteiger partial charge in [-0.3, -0.25) is 0 Å². The van der Waals surface area contributed by atoms with Gasteiger partial charge in [0.05, 0.1) is 6.04 Å². The molecule has 1 N–H and O–H groups in total. The van der Waals surface area contributed by atoms with Crippen molar-refractivity contribution in [2.75, 3.05) is 5.32 Å². The summed E-state index contributed by atoms with van der Waals surface area (Å²) in [6, 6.07) is 10.6. The van der Waals surface area contributed by atoms with Crippen LogP contribution in [0, 0.1) is 17.4 Å². The minimum absolute atomic E-state index is 0.183. The van der Waals surface area contributed by atoms with E-state index < -0.39 is 0 Å². The fraction of sp³-hybridized carbons (Fsp3) is 0.286. The average Bonchev–Trinajstić information content (AvgIpc) is 2.69. The maximum Gasteiger partial charge on any atom is 0.126 e. The van der Waals surface area contributed by atoms with Gasteiger partial charge >= 0.3 is 0 Å². The van der Waals surface area contributed by atoms with E-state index in [0.29, 0.717) is 0 Å². The van der Waals surface area contributed by atoms with Crippen LogP contribution in [0.25, 0.3) is 0 Å². The van der Waals surface area contributed by atoms with E-state index in [0.717, 1.165) is 17.2 Å². The third kappa shape index (κ3) is 3.03. The zero-order valence-electron chi connectivity index (χ0n) is 10.3. The van der Waals surface area contributed by atoms with Crippen molar-refractivity contribution in [2.45, 2.75) is 26.8 Å². The fourth-order valence-corrected chi connectivity index (χ4v) is 2.43. The summed E-state index contributed by atoms with van der Waals surface area (Å²) in [5, 5.41) is 3.47. The second kappa shape index (κ2) is 5.12. The molecular formula is C14H16INO. The van der Waals surface area contributed by atoms with Crippen molar-refractivity contribution in [3.05, 3.63) is 51.0 Å². The van der Waals surface area contributed by atoms with Crippen LogP contribution in [0.1, 0.15) is 30.0 Å². The first-order chi connectivity index (χ1) is 8.06. The van der Waals surface area contributed by atoms with E-state index in [4.69, 9.17) is 4.42 Å². The molecule has 0 spiro atoms. The molecule has 1 aromatic heterocycles. The van der Waals surface area contributed by atoms with Gasteiger partial charge in [-0.05, 0) is 79.3 Å². The number of anilines is 1. The van der Waals surface area contributed by atoms with E-state index in [1.165, 1.54) is 9.13 Å². The summed E-state index contributed by atoms with van der Waals surface area (Å²) < 4.78 is 6.87. The normalized spacial score (nSPS) is 12.5. The Hall–Kier alpha value is -0.970. The molecular weight excluding hydrogens is 325 g/mol. The van der Waals surface area contributed by atoms with E-state index in [9.17, 15) is 0 Å². The average molecular weight is 341 g/mol. The molecule has 0 aliphatic carbocycles. The van der Waals surface area contributed by atoms with Crippen LogP contribution in [0.15, 0.2) is 34.7 Å². The lowest BCUT2D eigenvalue weighted by Gasteiger charge is -2.15. The minimum atomic E-state index is 0.183. The third-order valence-corrected chi connectivity index (χ3v) is 3.42. The van der Waals surface area contributed by atoms with Crippen LogP contribution >= 0.6 is 22.6 Å². The van der Waals surface area contributed by atoms with Crippen LogP contribution in [-0.4, -0.2) is 0 Å². The molecule has 2 nitrogen and oxygen atoms in total. The molecule has 0 aliphatic rings. The number of aryl methyl sites for hydroxylation is 2. The highest BCUT2D eigenvalue weighted by Gasteiger charge is 2.10. The van der Waals surface area contributed by atoms with Crippen molar-refractivity contribution >= 4 is 28.3 Å². The van der Waals surface area contributed by atoms with Gasteiger partial charge in [-0.1, -0.05) is 0 Å². The van der Waals surface area contributed by atoms with Gasteiger partial charge in [0.1, 0.15) is 11.5 Å². The van der Waals surface area contributed by atoms with E-state index in [2.05, 4.69) is 60.0 Å². The number of halogens is 1. The second-order valence-electron chi connectivity index (χ2n) is 4.27. The smallest absolute Gasteiger partial charge is 0.126 e. The van der Waals surface area contributed by atoms with Crippen molar-refractivity contribution in [3.63, 3.8) is 0 Å². The van der Waals surface area contributed by atoms with Crippen molar-refractivity contribution in [1.82, 2.24) is 0 Å². The summed E-state index contributed by atoms with van der Waals surface area (Å²) in [4.78, 5) is 0. The number of furan rings is 1. The summed E-state index contributed by atoms with van der Waals surface area (Å²) in [7, 11) is 0. The first-order valence-corrected chi connectivity index (χ1v) is 6.73. The van der Waals surface area contributed by atoms with Gasteiger partial charge in [-0.2, -0.15) is 0 Å². The number of rotatable bonds is 3. The molecule has 2 rings (SSSR count). The monoisotopic (exact) mass is 341 g/mol. The molecule has 1 aromatic carbocycles. The molecule has 0 fully saturated rings. The topological polar surface area (TPSA) is 25.2 Å². The molecule has 1 atom stereocenters. The van der Waals surface area contributed by atoms with E-state index >= 15 is 0 Å². The summed E-state index contributed by atoms with van der Waals surface area (Å²) in [6.45, 7) is 6.19. The fourth-order valence-electron chi connectivity index (χ4n) is 1.78. The number of hydrogen-bond donors (Lipinski definition) is 1. The highest BCUT2D eigenvalue weighted by Crippen LogP contribution is 2.24. The first kappa shape index (κ1) is 12.5. The number of benzene rings is 1. The summed E-state index contributed by atoms with van der Waals surface area (Å²) >= 11 is 2.32. The van der Waals surface area contributed by atoms with Crippen molar-refractivity contribution in [1.29, 1.82) is 0 Å². The Kier molecular flexibility index (Phi) is 3.76. The third-order valence-electron chi connectivity index (χ3n) is 2.75. The van der Waals surface area contributed by atoms with Crippen molar-refractivity contribution < 1.29 is 4.42 Å². The summed E-state index contributed by atoms with van der Waals surface area (Å²) in [5.41, 5.74) is 2.42. The van der Waals surface area contributed by atoms with Crippen LogP contribution in [0.4, 0.5) is 5.69 Å². The molecule has 17 heavy (non-hydrogen) atoms. The predicted molar refractivity (Wildman–Crippen MR) is 79.4 cm³/mol. The molecule has 90 valence electrons. The van der Waals surface area contributed by atoms with Crippen LogP contribution in [0.5, 0.6) is 0 Å². The lowest BCUT2D eigenvalue weighted by molar-refractivity contribution is 0.467. The Balaban J connectivity index is 2.15. The van der Waals surface area contributed by atoms with Gasteiger partial charge in [-0.15, -0.1) is 0 Å². The van der Waals surface area contributed by atoms with Gasteiger partial charge in [0.15, 0.2) is 0 Å². The van der Waals surface area contributed by atoms with E-state index in [1.54, 1.807) is 0 Å². The zero-order valence-corrected chi connectivity index (χ0v) is 12.4. The predicted octanol–water partition coefficient (Wildman–Crippen LogP) is 4.67. The van der Waals surface area contributed by atoms with Gasteiger partial charge in [-0.25, -0.2) is 0 Å². The van der Waals surface area contributed by atoms with E-state index in [1.807, 2.05) is 19.1 Å². The molecule has 3 heteroatoms. The van der Waals surface area contributed by atoms with Crippen molar-refractivity contribution in [2.24, 2.45) is 0 Å². The van der Waals surface area contributed by atoms with Crippen LogP contribution in [-0.2, 0) is 0 Å². The highest BCUT2D eigenvalue weighted by molar-refractivity contribution is 14.1. The first-order valence-electron chi connectivity index (χ1n) is 5.65. The van der Waals surface area contributed by atoms with Crippen molar-refractivity contribution in [3.8, 4) is 0 Å². The standard InChI is InChI=1S/C14H16INO/c1-9-8-12(15)5-6-13(9)16-11(3)14-7-4-10(2)17-14/h4-8,11,16H,1-3H3. The molecule has 0 amide bonds. The van der Waals surface area contributed by atoms with Crippen LogP contribution in [0.2, 0.25) is 0 Å².